The summed E-state index contributed by atoms with van der Waals surface area (Å²) in [5.74, 6) is 0.244. The molecule has 84 valence electrons. The lowest BCUT2D eigenvalue weighted by molar-refractivity contribution is 0.180. The Morgan fingerprint density at radius 1 is 1.44 bits per heavy atom. The van der Waals surface area contributed by atoms with E-state index in [-0.39, 0.29) is 5.75 Å². The number of hydrogen-bond acceptors (Lipinski definition) is 4. The summed E-state index contributed by atoms with van der Waals surface area (Å²) < 4.78 is 9.59. The van der Waals surface area contributed by atoms with Crippen molar-refractivity contribution in [3.8, 4) is 5.75 Å². The summed E-state index contributed by atoms with van der Waals surface area (Å²) in [5.41, 5.74) is 5.41. The zero-order chi connectivity index (χ0) is 11.5. The van der Waals surface area contributed by atoms with Crippen LogP contribution in [0.3, 0.4) is 0 Å². The van der Waals surface area contributed by atoms with Crippen molar-refractivity contribution in [2.24, 2.45) is 5.73 Å². The molecule has 0 aromatic heterocycles. The summed E-state index contributed by atoms with van der Waals surface area (Å²) in [6.45, 7) is 0.752. The van der Waals surface area contributed by atoms with Crippen molar-refractivity contribution in [1.29, 1.82) is 0 Å². The number of rotatable bonds is 2. The summed E-state index contributed by atoms with van der Waals surface area (Å²) in [5, 5.41) is 0. The summed E-state index contributed by atoms with van der Waals surface area (Å²) in [6.07, 6.45) is -1.37. The van der Waals surface area contributed by atoms with Crippen LogP contribution in [0.25, 0.3) is 0 Å². The molecule has 0 aliphatic carbocycles. The number of benzene rings is 1. The SMILES string of the molecule is NC(=O)Oc1ccccc1N1CCOC1=O. The smallest absolute Gasteiger partial charge is 0.414 e. The van der Waals surface area contributed by atoms with Crippen LogP contribution in [-0.2, 0) is 4.74 Å². The number of nitrogens with two attached hydrogens (primary N) is 1. The van der Waals surface area contributed by atoms with E-state index < -0.39 is 12.2 Å². The molecule has 2 N–H and O–H groups in total. The van der Waals surface area contributed by atoms with Crippen molar-refractivity contribution < 1.29 is 19.1 Å². The van der Waals surface area contributed by atoms with E-state index in [1.165, 1.54) is 4.90 Å². The van der Waals surface area contributed by atoms with Gasteiger partial charge >= 0.3 is 12.2 Å². The van der Waals surface area contributed by atoms with Crippen molar-refractivity contribution in [3.05, 3.63) is 24.3 Å². The van der Waals surface area contributed by atoms with Crippen LogP contribution in [0.5, 0.6) is 5.75 Å². The average Bonchev–Trinajstić information content (AvgIpc) is 2.64. The third kappa shape index (κ3) is 1.90. The molecule has 1 aliphatic heterocycles. The Hall–Kier alpha value is -2.24. The molecule has 2 rings (SSSR count). The maximum absolute atomic E-state index is 11.3. The van der Waals surface area contributed by atoms with Gasteiger partial charge < -0.3 is 15.2 Å². The van der Waals surface area contributed by atoms with E-state index in [0.29, 0.717) is 18.8 Å². The van der Waals surface area contributed by atoms with Gasteiger partial charge in [0.25, 0.3) is 0 Å². The van der Waals surface area contributed by atoms with Crippen LogP contribution in [0.2, 0.25) is 0 Å². The number of nitrogens with zero attached hydrogens (tertiary/aromatic N) is 1. The number of amides is 2. The lowest BCUT2D eigenvalue weighted by Gasteiger charge is -2.15. The Morgan fingerprint density at radius 3 is 2.81 bits per heavy atom. The number of primary amides is 1. The van der Waals surface area contributed by atoms with E-state index in [0.717, 1.165) is 0 Å². The average molecular weight is 222 g/mol. The molecule has 1 fully saturated rings. The molecule has 1 aromatic carbocycles. The van der Waals surface area contributed by atoms with Crippen LogP contribution in [0.15, 0.2) is 24.3 Å². The van der Waals surface area contributed by atoms with E-state index in [9.17, 15) is 9.59 Å². The highest BCUT2D eigenvalue weighted by molar-refractivity contribution is 5.91. The maximum atomic E-state index is 11.3. The van der Waals surface area contributed by atoms with Crippen molar-refractivity contribution >= 4 is 17.9 Å². The quantitative estimate of drug-likeness (QED) is 0.812. The number of carbonyl (C=O) groups is 2. The van der Waals surface area contributed by atoms with Crippen molar-refractivity contribution in [3.63, 3.8) is 0 Å². The molecule has 1 saturated heterocycles. The fraction of sp³-hybridized carbons (Fsp3) is 0.200. The van der Waals surface area contributed by atoms with Gasteiger partial charge in [-0.25, -0.2) is 9.59 Å². The second-order valence-electron chi connectivity index (χ2n) is 3.15. The van der Waals surface area contributed by atoms with Crippen LogP contribution < -0.4 is 15.4 Å². The molecule has 0 radical (unpaired) electrons. The second kappa shape index (κ2) is 4.09. The highest BCUT2D eigenvalue weighted by Gasteiger charge is 2.26. The Balaban J connectivity index is 2.32. The second-order valence-corrected chi connectivity index (χ2v) is 3.15. The molecule has 0 atom stereocenters. The summed E-state index contributed by atoms with van der Waals surface area (Å²) in [6, 6.07) is 6.63. The molecule has 0 saturated carbocycles. The number of hydrogen-bond donors (Lipinski definition) is 1. The molecular formula is C10H10N2O4. The minimum absolute atomic E-state index is 0.244. The van der Waals surface area contributed by atoms with Gasteiger partial charge in [0.05, 0.1) is 12.2 Å². The molecule has 0 unspecified atom stereocenters. The van der Waals surface area contributed by atoms with Gasteiger partial charge in [-0.1, -0.05) is 12.1 Å². The lowest BCUT2D eigenvalue weighted by Crippen LogP contribution is -2.25. The zero-order valence-electron chi connectivity index (χ0n) is 8.38. The fourth-order valence-corrected chi connectivity index (χ4v) is 1.49. The zero-order valence-corrected chi connectivity index (χ0v) is 8.38. The standard InChI is InChI=1S/C10H10N2O4/c11-9(13)16-8-4-2-1-3-7(8)12-5-6-15-10(12)14/h1-4H,5-6H2,(H2,11,13). The highest BCUT2D eigenvalue weighted by atomic mass is 16.6. The maximum Gasteiger partial charge on any atom is 0.414 e. The number of carbonyl (C=O) groups excluding carboxylic acids is 2. The van der Waals surface area contributed by atoms with Gasteiger partial charge in [-0.15, -0.1) is 0 Å². The van der Waals surface area contributed by atoms with E-state index >= 15 is 0 Å². The number of cyclic esters (lactones) is 1. The van der Waals surface area contributed by atoms with Gasteiger partial charge in [0.2, 0.25) is 0 Å². The van der Waals surface area contributed by atoms with E-state index in [2.05, 4.69) is 0 Å². The third-order valence-corrected chi connectivity index (χ3v) is 2.13. The fourth-order valence-electron chi connectivity index (χ4n) is 1.49. The van der Waals surface area contributed by atoms with Crippen LogP contribution in [0, 0.1) is 0 Å². The van der Waals surface area contributed by atoms with E-state index in [1.54, 1.807) is 24.3 Å². The van der Waals surface area contributed by atoms with Crippen LogP contribution in [0.1, 0.15) is 0 Å². The molecule has 2 amide bonds. The monoisotopic (exact) mass is 222 g/mol. The third-order valence-electron chi connectivity index (χ3n) is 2.13. The van der Waals surface area contributed by atoms with Gasteiger partial charge in [-0.05, 0) is 12.1 Å². The van der Waals surface area contributed by atoms with Crippen molar-refractivity contribution in [1.82, 2.24) is 0 Å². The summed E-state index contributed by atoms with van der Waals surface area (Å²) in [7, 11) is 0. The minimum atomic E-state index is -0.917. The molecule has 1 heterocycles. The lowest BCUT2D eigenvalue weighted by atomic mass is 10.2. The van der Waals surface area contributed by atoms with Gasteiger partial charge in [0.15, 0.2) is 5.75 Å². The Morgan fingerprint density at radius 2 is 2.19 bits per heavy atom. The Labute approximate surface area is 91.5 Å². The van der Waals surface area contributed by atoms with Crippen LogP contribution >= 0.6 is 0 Å². The van der Waals surface area contributed by atoms with Gasteiger partial charge in [0, 0.05) is 0 Å². The number of para-hydroxylation sites is 2. The summed E-state index contributed by atoms with van der Waals surface area (Å²) in [4.78, 5) is 23.4. The van der Waals surface area contributed by atoms with Crippen LogP contribution in [-0.4, -0.2) is 25.3 Å². The van der Waals surface area contributed by atoms with Gasteiger partial charge in [-0.2, -0.15) is 0 Å². The first-order chi connectivity index (χ1) is 7.68. The first-order valence-corrected chi connectivity index (χ1v) is 4.69. The first-order valence-electron chi connectivity index (χ1n) is 4.69. The largest absolute Gasteiger partial charge is 0.447 e. The number of anilines is 1. The molecule has 16 heavy (non-hydrogen) atoms. The highest BCUT2D eigenvalue weighted by Crippen LogP contribution is 2.29. The Kier molecular flexibility index (Phi) is 2.63. The molecule has 6 heteroatoms. The molecule has 1 aromatic rings. The molecule has 0 spiro atoms. The normalized spacial score (nSPS) is 14.8. The van der Waals surface area contributed by atoms with E-state index in [1.807, 2.05) is 0 Å². The molecule has 6 nitrogen and oxygen atoms in total. The van der Waals surface area contributed by atoms with Crippen molar-refractivity contribution in [2.45, 2.75) is 0 Å². The predicted octanol–water partition coefficient (Wildman–Crippen LogP) is 1.10. The van der Waals surface area contributed by atoms with Crippen LogP contribution in [0.4, 0.5) is 15.3 Å². The first kappa shape index (κ1) is 10.3. The predicted molar refractivity (Wildman–Crippen MR) is 55.3 cm³/mol. The molecule has 1 aliphatic rings. The molecule has 0 bridgehead atoms. The minimum Gasteiger partial charge on any atom is -0.447 e. The van der Waals surface area contributed by atoms with Gasteiger partial charge in [-0.3, -0.25) is 4.90 Å². The Bertz CT molecular complexity index is 433. The van der Waals surface area contributed by atoms with Gasteiger partial charge in [0.1, 0.15) is 6.61 Å². The van der Waals surface area contributed by atoms with Crippen molar-refractivity contribution in [2.75, 3.05) is 18.1 Å². The number of ether oxygens (including phenoxy) is 2. The molecular weight excluding hydrogens is 212 g/mol. The topological polar surface area (TPSA) is 81.9 Å². The summed E-state index contributed by atoms with van der Waals surface area (Å²) >= 11 is 0. The van der Waals surface area contributed by atoms with E-state index in [4.69, 9.17) is 15.2 Å².